The molecular formula is C16H23N3O. The molecule has 1 rings (SSSR count). The Morgan fingerprint density at radius 1 is 1.40 bits per heavy atom. The summed E-state index contributed by atoms with van der Waals surface area (Å²) in [5.41, 5.74) is 1.21. The Kier molecular flexibility index (Phi) is 6.20. The number of amides is 1. The van der Waals surface area contributed by atoms with E-state index in [2.05, 4.69) is 37.1 Å². The van der Waals surface area contributed by atoms with E-state index in [0.29, 0.717) is 17.2 Å². The van der Waals surface area contributed by atoms with Crippen LogP contribution in [0, 0.1) is 17.2 Å². The van der Waals surface area contributed by atoms with E-state index in [1.54, 1.807) is 24.3 Å². The number of nitrogens with one attached hydrogen (secondary N) is 1. The van der Waals surface area contributed by atoms with Crippen LogP contribution in [0.3, 0.4) is 0 Å². The first-order valence-corrected chi connectivity index (χ1v) is 7.03. The van der Waals surface area contributed by atoms with E-state index in [1.165, 1.54) is 0 Å². The van der Waals surface area contributed by atoms with Crippen LogP contribution >= 0.6 is 0 Å². The summed E-state index contributed by atoms with van der Waals surface area (Å²) in [7, 11) is 0. The van der Waals surface area contributed by atoms with Crippen molar-refractivity contribution in [2.45, 2.75) is 33.7 Å². The predicted molar refractivity (Wildman–Crippen MR) is 81.3 cm³/mol. The average Bonchev–Trinajstić information content (AvgIpc) is 2.43. The van der Waals surface area contributed by atoms with Gasteiger partial charge in [-0.15, -0.1) is 0 Å². The minimum absolute atomic E-state index is 0.0393. The summed E-state index contributed by atoms with van der Waals surface area (Å²) in [6, 6.07) is 8.85. The van der Waals surface area contributed by atoms with Gasteiger partial charge in [0, 0.05) is 12.2 Å². The van der Waals surface area contributed by atoms with Crippen molar-refractivity contribution in [3.63, 3.8) is 0 Å². The van der Waals surface area contributed by atoms with Crippen molar-refractivity contribution in [1.82, 2.24) is 4.90 Å². The first kappa shape index (κ1) is 16.2. The molecule has 0 aliphatic heterocycles. The summed E-state index contributed by atoms with van der Waals surface area (Å²) in [4.78, 5) is 14.4. The van der Waals surface area contributed by atoms with Crippen LogP contribution in [0.2, 0.25) is 0 Å². The molecule has 108 valence electrons. The second-order valence-electron chi connectivity index (χ2n) is 5.34. The summed E-state index contributed by atoms with van der Waals surface area (Å²) in [6.45, 7) is 9.99. The van der Waals surface area contributed by atoms with Gasteiger partial charge in [-0.1, -0.05) is 26.8 Å². The SMILES string of the molecule is CCN(CC(C)C)C(C)C(=O)Nc1cccc(C#N)c1. The van der Waals surface area contributed by atoms with Gasteiger partial charge in [0.25, 0.3) is 0 Å². The van der Waals surface area contributed by atoms with Crippen LogP contribution in [0.4, 0.5) is 5.69 Å². The van der Waals surface area contributed by atoms with E-state index < -0.39 is 0 Å². The van der Waals surface area contributed by atoms with Crippen LogP contribution in [0.15, 0.2) is 24.3 Å². The molecule has 20 heavy (non-hydrogen) atoms. The van der Waals surface area contributed by atoms with Crippen LogP contribution < -0.4 is 5.32 Å². The third-order valence-corrected chi connectivity index (χ3v) is 3.19. The van der Waals surface area contributed by atoms with Crippen molar-refractivity contribution >= 4 is 11.6 Å². The fourth-order valence-electron chi connectivity index (χ4n) is 2.11. The fraction of sp³-hybridized carbons (Fsp3) is 0.500. The Morgan fingerprint density at radius 2 is 2.10 bits per heavy atom. The lowest BCUT2D eigenvalue weighted by atomic mass is 10.1. The number of nitrogens with zero attached hydrogens (tertiary/aromatic N) is 2. The molecule has 0 fully saturated rings. The first-order valence-electron chi connectivity index (χ1n) is 7.03. The molecule has 1 amide bonds. The normalized spacial score (nSPS) is 12.2. The molecular weight excluding hydrogens is 250 g/mol. The summed E-state index contributed by atoms with van der Waals surface area (Å²) < 4.78 is 0. The van der Waals surface area contributed by atoms with Gasteiger partial charge in [-0.05, 0) is 37.6 Å². The maximum absolute atomic E-state index is 12.3. The number of hydrogen-bond donors (Lipinski definition) is 1. The number of carbonyl (C=O) groups excluding carboxylic acids is 1. The molecule has 1 aromatic carbocycles. The molecule has 0 aliphatic carbocycles. The summed E-state index contributed by atoms with van der Waals surface area (Å²) in [6.07, 6.45) is 0. The second kappa shape index (κ2) is 7.66. The highest BCUT2D eigenvalue weighted by Gasteiger charge is 2.20. The molecule has 0 bridgehead atoms. The summed E-state index contributed by atoms with van der Waals surface area (Å²) in [5, 5.41) is 11.7. The summed E-state index contributed by atoms with van der Waals surface area (Å²) in [5.74, 6) is 0.481. The molecule has 0 saturated heterocycles. The Hall–Kier alpha value is -1.86. The molecule has 0 aromatic heterocycles. The van der Waals surface area contributed by atoms with Crippen LogP contribution in [0.25, 0.3) is 0 Å². The fourth-order valence-corrected chi connectivity index (χ4v) is 2.11. The van der Waals surface area contributed by atoms with Gasteiger partial charge in [-0.3, -0.25) is 9.69 Å². The van der Waals surface area contributed by atoms with Crippen LogP contribution in [-0.4, -0.2) is 29.9 Å². The lowest BCUT2D eigenvalue weighted by Gasteiger charge is -2.28. The molecule has 0 saturated carbocycles. The topological polar surface area (TPSA) is 56.1 Å². The predicted octanol–water partition coefficient (Wildman–Crippen LogP) is 2.86. The van der Waals surface area contributed by atoms with E-state index >= 15 is 0 Å². The van der Waals surface area contributed by atoms with Gasteiger partial charge in [0.2, 0.25) is 5.91 Å². The zero-order valence-electron chi connectivity index (χ0n) is 12.7. The summed E-state index contributed by atoms with van der Waals surface area (Å²) >= 11 is 0. The van der Waals surface area contributed by atoms with Crippen LogP contribution in [-0.2, 0) is 4.79 Å². The number of likely N-dealkylation sites (N-methyl/N-ethyl adjacent to an activating group) is 1. The lowest BCUT2D eigenvalue weighted by molar-refractivity contribution is -0.120. The number of rotatable bonds is 6. The number of carbonyl (C=O) groups is 1. The van der Waals surface area contributed by atoms with Gasteiger partial charge in [-0.2, -0.15) is 5.26 Å². The Balaban J connectivity index is 2.71. The van der Waals surface area contributed by atoms with Crippen molar-refractivity contribution in [2.75, 3.05) is 18.4 Å². The van der Waals surface area contributed by atoms with Gasteiger partial charge in [0.15, 0.2) is 0 Å². The smallest absolute Gasteiger partial charge is 0.241 e. The third-order valence-electron chi connectivity index (χ3n) is 3.19. The second-order valence-corrected chi connectivity index (χ2v) is 5.34. The Bertz CT molecular complexity index is 491. The Labute approximate surface area is 121 Å². The van der Waals surface area contributed by atoms with Crippen molar-refractivity contribution in [1.29, 1.82) is 5.26 Å². The highest BCUT2D eigenvalue weighted by atomic mass is 16.2. The minimum atomic E-state index is -0.187. The van der Waals surface area contributed by atoms with Crippen molar-refractivity contribution < 1.29 is 4.79 Å². The van der Waals surface area contributed by atoms with Gasteiger partial charge in [-0.25, -0.2) is 0 Å². The van der Waals surface area contributed by atoms with Gasteiger partial charge >= 0.3 is 0 Å². The number of anilines is 1. The van der Waals surface area contributed by atoms with Crippen LogP contribution in [0.5, 0.6) is 0 Å². The molecule has 0 aliphatic rings. The van der Waals surface area contributed by atoms with Gasteiger partial charge < -0.3 is 5.32 Å². The van der Waals surface area contributed by atoms with Crippen molar-refractivity contribution in [3.8, 4) is 6.07 Å². The van der Waals surface area contributed by atoms with Gasteiger partial charge in [0.05, 0.1) is 17.7 Å². The van der Waals surface area contributed by atoms with E-state index in [0.717, 1.165) is 13.1 Å². The maximum Gasteiger partial charge on any atom is 0.241 e. The first-order chi connectivity index (χ1) is 9.47. The van der Waals surface area contributed by atoms with E-state index in [4.69, 9.17) is 5.26 Å². The number of hydrogen-bond acceptors (Lipinski definition) is 3. The van der Waals surface area contributed by atoms with E-state index in [-0.39, 0.29) is 11.9 Å². The molecule has 1 unspecified atom stereocenters. The minimum Gasteiger partial charge on any atom is -0.325 e. The Morgan fingerprint density at radius 3 is 2.65 bits per heavy atom. The van der Waals surface area contributed by atoms with E-state index in [1.807, 2.05) is 6.92 Å². The molecule has 1 N–H and O–H groups in total. The number of nitriles is 1. The highest BCUT2D eigenvalue weighted by Crippen LogP contribution is 2.12. The monoisotopic (exact) mass is 273 g/mol. The van der Waals surface area contributed by atoms with Gasteiger partial charge in [0.1, 0.15) is 0 Å². The molecule has 4 nitrogen and oxygen atoms in total. The van der Waals surface area contributed by atoms with Crippen molar-refractivity contribution in [2.24, 2.45) is 5.92 Å². The van der Waals surface area contributed by atoms with Crippen molar-refractivity contribution in [3.05, 3.63) is 29.8 Å². The molecule has 0 spiro atoms. The van der Waals surface area contributed by atoms with E-state index in [9.17, 15) is 4.79 Å². The zero-order chi connectivity index (χ0) is 15.1. The van der Waals surface area contributed by atoms with Crippen LogP contribution in [0.1, 0.15) is 33.3 Å². The molecule has 0 heterocycles. The molecule has 1 atom stereocenters. The molecule has 1 aromatic rings. The lowest BCUT2D eigenvalue weighted by Crippen LogP contribution is -2.43. The number of benzene rings is 1. The quantitative estimate of drug-likeness (QED) is 0.867. The molecule has 4 heteroatoms. The standard InChI is InChI=1S/C16H23N3O/c1-5-19(11-12(2)3)13(4)16(20)18-15-8-6-7-14(9-15)10-17/h6-9,12-13H,5,11H2,1-4H3,(H,18,20). The third kappa shape index (κ3) is 4.67. The maximum atomic E-state index is 12.3. The molecule has 0 radical (unpaired) electrons. The highest BCUT2D eigenvalue weighted by molar-refractivity contribution is 5.94. The average molecular weight is 273 g/mol. The zero-order valence-corrected chi connectivity index (χ0v) is 12.7. The largest absolute Gasteiger partial charge is 0.325 e.